The van der Waals surface area contributed by atoms with Gasteiger partial charge in [0.1, 0.15) is 4.21 Å². The molecule has 0 fully saturated rings. The van der Waals surface area contributed by atoms with Gasteiger partial charge >= 0.3 is 0 Å². The van der Waals surface area contributed by atoms with Crippen LogP contribution in [0.5, 0.6) is 0 Å². The van der Waals surface area contributed by atoms with Crippen LogP contribution in [-0.4, -0.2) is 10.0 Å². The Kier molecular flexibility index (Phi) is 4.46. The number of benzene rings is 1. The fraction of sp³-hybridized carbons (Fsp3) is 0.167. The van der Waals surface area contributed by atoms with Gasteiger partial charge in [0.05, 0.1) is 11.0 Å². The molecular formula is C12H10ClNO3S2. The van der Waals surface area contributed by atoms with Crippen molar-refractivity contribution in [3.05, 3.63) is 50.3 Å². The number of hydrogen-bond donors (Lipinski definition) is 1. The van der Waals surface area contributed by atoms with E-state index in [2.05, 4.69) is 0 Å². The number of thiophene rings is 1. The van der Waals surface area contributed by atoms with E-state index in [1.807, 2.05) is 0 Å². The van der Waals surface area contributed by atoms with Crippen LogP contribution in [0.2, 0.25) is 5.02 Å². The van der Waals surface area contributed by atoms with E-state index < -0.39 is 11.0 Å². The van der Waals surface area contributed by atoms with Gasteiger partial charge in [0.15, 0.2) is 0 Å². The average molecular weight is 316 g/mol. The standard InChI is InChI=1S/C12H10ClNO3S2/c1-7(15)11-6-10(14(16)17)12(19-11)18-9-4-2-8(13)3-5-9/h2-7,15H,1H3/t7-/m1/s1. The first-order chi connectivity index (χ1) is 8.97. The van der Waals surface area contributed by atoms with Crippen LogP contribution >= 0.6 is 34.7 Å². The number of aliphatic hydroxyl groups excluding tert-OH is 1. The van der Waals surface area contributed by atoms with Gasteiger partial charge in [-0.2, -0.15) is 0 Å². The minimum absolute atomic E-state index is 0.0286. The van der Waals surface area contributed by atoms with E-state index in [9.17, 15) is 15.2 Å². The molecule has 0 bridgehead atoms. The Balaban J connectivity index is 2.33. The molecule has 19 heavy (non-hydrogen) atoms. The first-order valence-electron chi connectivity index (χ1n) is 5.37. The Labute approximate surface area is 123 Å². The summed E-state index contributed by atoms with van der Waals surface area (Å²) in [6, 6.07) is 8.50. The molecule has 1 atom stereocenters. The van der Waals surface area contributed by atoms with Crippen LogP contribution in [0, 0.1) is 10.1 Å². The fourth-order valence-electron chi connectivity index (χ4n) is 1.40. The average Bonchev–Trinajstić information content (AvgIpc) is 2.76. The molecule has 0 spiro atoms. The van der Waals surface area contributed by atoms with Gasteiger partial charge in [-0.05, 0) is 31.2 Å². The predicted octanol–water partition coefficient (Wildman–Crippen LogP) is 4.51. The van der Waals surface area contributed by atoms with Gasteiger partial charge in [-0.15, -0.1) is 11.3 Å². The van der Waals surface area contributed by atoms with Crippen LogP contribution in [0.4, 0.5) is 5.69 Å². The summed E-state index contributed by atoms with van der Waals surface area (Å²) in [5.41, 5.74) is 0.0286. The van der Waals surface area contributed by atoms with Crippen molar-refractivity contribution in [1.29, 1.82) is 0 Å². The third-order valence-corrected chi connectivity index (χ3v) is 5.07. The molecule has 0 saturated carbocycles. The van der Waals surface area contributed by atoms with Gasteiger partial charge in [-0.25, -0.2) is 0 Å². The monoisotopic (exact) mass is 315 g/mol. The molecule has 1 aromatic carbocycles. The Morgan fingerprint density at radius 2 is 2.05 bits per heavy atom. The molecule has 0 unspecified atom stereocenters. The van der Waals surface area contributed by atoms with Gasteiger partial charge in [-0.3, -0.25) is 10.1 Å². The highest BCUT2D eigenvalue weighted by Crippen LogP contribution is 2.43. The number of nitro groups is 1. The summed E-state index contributed by atoms with van der Waals surface area (Å²) in [5.74, 6) is 0. The lowest BCUT2D eigenvalue weighted by Gasteiger charge is -1.99. The van der Waals surface area contributed by atoms with Gasteiger partial charge in [-0.1, -0.05) is 23.4 Å². The zero-order valence-corrected chi connectivity index (χ0v) is 12.3. The third-order valence-electron chi connectivity index (χ3n) is 2.33. The molecule has 0 saturated heterocycles. The van der Waals surface area contributed by atoms with Crippen molar-refractivity contribution in [3.63, 3.8) is 0 Å². The molecule has 100 valence electrons. The normalized spacial score (nSPS) is 12.4. The molecular weight excluding hydrogens is 306 g/mol. The third kappa shape index (κ3) is 3.48. The van der Waals surface area contributed by atoms with Gasteiger partial charge in [0.25, 0.3) is 5.69 Å². The van der Waals surface area contributed by atoms with Crippen LogP contribution in [-0.2, 0) is 0 Å². The first-order valence-corrected chi connectivity index (χ1v) is 7.38. The quantitative estimate of drug-likeness (QED) is 0.665. The highest BCUT2D eigenvalue weighted by atomic mass is 35.5. The van der Waals surface area contributed by atoms with E-state index in [-0.39, 0.29) is 5.69 Å². The minimum Gasteiger partial charge on any atom is -0.388 e. The largest absolute Gasteiger partial charge is 0.388 e. The van der Waals surface area contributed by atoms with E-state index in [1.54, 1.807) is 31.2 Å². The van der Waals surface area contributed by atoms with E-state index in [0.717, 1.165) is 4.90 Å². The van der Waals surface area contributed by atoms with Crippen LogP contribution in [0.3, 0.4) is 0 Å². The Hall–Kier alpha value is -1.08. The van der Waals surface area contributed by atoms with Crippen LogP contribution in [0.25, 0.3) is 0 Å². The van der Waals surface area contributed by atoms with Crippen molar-refractivity contribution in [2.75, 3.05) is 0 Å². The molecule has 1 N–H and O–H groups in total. The maximum Gasteiger partial charge on any atom is 0.294 e. The topological polar surface area (TPSA) is 63.4 Å². The van der Waals surface area contributed by atoms with E-state index in [4.69, 9.17) is 11.6 Å². The molecule has 0 aliphatic carbocycles. The van der Waals surface area contributed by atoms with Gasteiger partial charge < -0.3 is 5.11 Å². The summed E-state index contributed by atoms with van der Waals surface area (Å²) < 4.78 is 0.559. The number of halogens is 1. The molecule has 0 aliphatic rings. The smallest absolute Gasteiger partial charge is 0.294 e. The molecule has 2 aromatic rings. The summed E-state index contributed by atoms with van der Waals surface area (Å²) in [7, 11) is 0. The number of rotatable bonds is 4. The summed E-state index contributed by atoms with van der Waals surface area (Å²) in [6.45, 7) is 1.59. The summed E-state index contributed by atoms with van der Waals surface area (Å²) >= 11 is 8.32. The van der Waals surface area contributed by atoms with E-state index >= 15 is 0 Å². The van der Waals surface area contributed by atoms with E-state index in [1.165, 1.54) is 29.2 Å². The number of hydrogen-bond acceptors (Lipinski definition) is 5. The highest BCUT2D eigenvalue weighted by molar-refractivity contribution is 8.01. The molecule has 1 heterocycles. The minimum atomic E-state index is -0.705. The van der Waals surface area contributed by atoms with Crippen LogP contribution in [0.15, 0.2) is 39.4 Å². The first kappa shape index (κ1) is 14.3. The molecule has 2 rings (SSSR count). The molecule has 7 heteroatoms. The fourth-order valence-corrected chi connectivity index (χ4v) is 3.79. The summed E-state index contributed by atoms with van der Waals surface area (Å²) in [6.07, 6.45) is -0.705. The molecule has 4 nitrogen and oxygen atoms in total. The predicted molar refractivity (Wildman–Crippen MR) is 77.2 cm³/mol. The Morgan fingerprint density at radius 3 is 2.58 bits per heavy atom. The maximum atomic E-state index is 11.0. The SMILES string of the molecule is C[C@@H](O)c1cc([N+](=O)[O-])c(Sc2ccc(Cl)cc2)s1. The number of aliphatic hydroxyl groups is 1. The lowest BCUT2D eigenvalue weighted by molar-refractivity contribution is -0.387. The molecule has 1 aromatic heterocycles. The van der Waals surface area contributed by atoms with Crippen LogP contribution in [0.1, 0.15) is 17.9 Å². The second kappa shape index (κ2) is 5.92. The van der Waals surface area contributed by atoms with Crippen molar-refractivity contribution in [3.8, 4) is 0 Å². The summed E-state index contributed by atoms with van der Waals surface area (Å²) in [4.78, 5) is 12.0. The Bertz CT molecular complexity index is 596. The zero-order valence-electron chi connectivity index (χ0n) is 9.87. The Morgan fingerprint density at radius 1 is 1.42 bits per heavy atom. The molecule has 0 aliphatic heterocycles. The van der Waals surface area contributed by atoms with Gasteiger partial charge in [0.2, 0.25) is 0 Å². The maximum absolute atomic E-state index is 11.0. The zero-order chi connectivity index (χ0) is 14.0. The second-order valence-corrected chi connectivity index (χ2v) is 6.67. The molecule has 0 radical (unpaired) electrons. The van der Waals surface area contributed by atoms with Crippen molar-refractivity contribution in [2.45, 2.75) is 22.1 Å². The van der Waals surface area contributed by atoms with Gasteiger partial charge in [0, 0.05) is 20.9 Å². The van der Waals surface area contributed by atoms with E-state index in [0.29, 0.717) is 14.1 Å². The second-order valence-electron chi connectivity index (χ2n) is 3.81. The highest BCUT2D eigenvalue weighted by Gasteiger charge is 2.21. The lowest BCUT2D eigenvalue weighted by Crippen LogP contribution is -1.87. The van der Waals surface area contributed by atoms with Crippen molar-refractivity contribution in [2.24, 2.45) is 0 Å². The number of nitrogens with zero attached hydrogens (tertiary/aromatic N) is 1. The van der Waals surface area contributed by atoms with Crippen molar-refractivity contribution < 1.29 is 10.0 Å². The summed E-state index contributed by atoms with van der Waals surface area (Å²) in [5, 5.41) is 21.1. The molecule has 0 amide bonds. The van der Waals surface area contributed by atoms with Crippen LogP contribution < -0.4 is 0 Å². The van der Waals surface area contributed by atoms with Crippen molar-refractivity contribution in [1.82, 2.24) is 0 Å². The van der Waals surface area contributed by atoms with Crippen molar-refractivity contribution >= 4 is 40.4 Å². The lowest BCUT2D eigenvalue weighted by atomic mass is 10.3.